The third kappa shape index (κ3) is 6.17. The Morgan fingerprint density at radius 1 is 1.07 bits per heavy atom. The van der Waals surface area contributed by atoms with Crippen molar-refractivity contribution in [3.8, 4) is 5.75 Å². The van der Waals surface area contributed by atoms with Gasteiger partial charge < -0.3 is 24.8 Å². The minimum Gasteiger partial charge on any atom is -0.494 e. The number of aryl methyl sites for hydroxylation is 1. The van der Waals surface area contributed by atoms with Crippen LogP contribution in [-0.4, -0.2) is 95.4 Å². The average molecular weight is 543 g/mol. The molecular formula is C30H38N8O2. The van der Waals surface area contributed by atoms with E-state index in [0.29, 0.717) is 39.3 Å². The number of ether oxygens (including phenoxy) is 1. The summed E-state index contributed by atoms with van der Waals surface area (Å²) in [5.41, 5.74) is 4.76. The molecule has 1 aliphatic rings. The zero-order valence-electron chi connectivity index (χ0n) is 23.8. The van der Waals surface area contributed by atoms with Crippen molar-refractivity contribution in [2.45, 2.75) is 20.4 Å². The molecule has 0 aliphatic carbocycles. The first kappa shape index (κ1) is 27.4. The van der Waals surface area contributed by atoms with Crippen LogP contribution in [0, 0.1) is 6.92 Å². The highest BCUT2D eigenvalue weighted by Crippen LogP contribution is 2.25. The van der Waals surface area contributed by atoms with Gasteiger partial charge in [-0.25, -0.2) is 14.6 Å². The number of hydrogen-bond acceptors (Lipinski definition) is 8. The lowest BCUT2D eigenvalue weighted by molar-refractivity contribution is 0.0746. The van der Waals surface area contributed by atoms with Crippen molar-refractivity contribution >= 4 is 28.4 Å². The molecule has 1 fully saturated rings. The third-order valence-corrected chi connectivity index (χ3v) is 7.17. The Morgan fingerprint density at radius 3 is 2.65 bits per heavy atom. The minimum atomic E-state index is 0.0672. The Balaban J connectivity index is 1.23. The molecule has 10 nitrogen and oxygen atoms in total. The van der Waals surface area contributed by atoms with Gasteiger partial charge in [-0.05, 0) is 69.4 Å². The molecule has 1 N–H and O–H groups in total. The number of amides is 1. The number of carbonyl (C=O) groups is 1. The molecule has 210 valence electrons. The van der Waals surface area contributed by atoms with Crippen molar-refractivity contribution in [2.75, 3.05) is 70.2 Å². The molecule has 3 heterocycles. The Hall–Kier alpha value is -4.18. The van der Waals surface area contributed by atoms with Crippen LogP contribution in [0.3, 0.4) is 0 Å². The lowest BCUT2D eigenvalue weighted by Gasteiger charge is -2.35. The van der Waals surface area contributed by atoms with Gasteiger partial charge in [-0.2, -0.15) is 5.10 Å². The lowest BCUT2D eigenvalue weighted by Crippen LogP contribution is -2.49. The highest BCUT2D eigenvalue weighted by atomic mass is 16.5. The zero-order chi connectivity index (χ0) is 28.1. The number of benzene rings is 2. The van der Waals surface area contributed by atoms with E-state index >= 15 is 0 Å². The summed E-state index contributed by atoms with van der Waals surface area (Å²) in [6.07, 6.45) is 3.44. The van der Waals surface area contributed by atoms with Gasteiger partial charge in [-0.1, -0.05) is 12.1 Å². The van der Waals surface area contributed by atoms with Crippen LogP contribution in [0.25, 0.3) is 11.0 Å². The Labute approximate surface area is 235 Å². The zero-order valence-corrected chi connectivity index (χ0v) is 23.8. The van der Waals surface area contributed by atoms with Crippen LogP contribution in [0.4, 0.5) is 11.5 Å². The molecular weight excluding hydrogens is 504 g/mol. The number of fused-ring (bicyclic) bond motifs is 1. The lowest BCUT2D eigenvalue weighted by atomic mass is 10.1. The second kappa shape index (κ2) is 12.3. The minimum absolute atomic E-state index is 0.0672. The van der Waals surface area contributed by atoms with E-state index in [4.69, 9.17) is 4.74 Å². The van der Waals surface area contributed by atoms with Crippen molar-refractivity contribution in [2.24, 2.45) is 0 Å². The molecule has 2 aromatic carbocycles. The van der Waals surface area contributed by atoms with E-state index in [-0.39, 0.29) is 5.91 Å². The number of aromatic nitrogens is 4. The average Bonchev–Trinajstić information content (AvgIpc) is 3.36. The largest absolute Gasteiger partial charge is 0.494 e. The quantitative estimate of drug-likeness (QED) is 0.326. The van der Waals surface area contributed by atoms with Crippen molar-refractivity contribution in [1.82, 2.24) is 29.5 Å². The first-order chi connectivity index (χ1) is 19.4. The van der Waals surface area contributed by atoms with E-state index in [0.717, 1.165) is 58.1 Å². The summed E-state index contributed by atoms with van der Waals surface area (Å²) in [6.45, 7) is 9.71. The molecule has 0 atom stereocenters. The Bertz CT molecular complexity index is 1460. The van der Waals surface area contributed by atoms with Gasteiger partial charge in [0.15, 0.2) is 5.65 Å². The van der Waals surface area contributed by atoms with Crippen molar-refractivity contribution in [3.05, 3.63) is 71.7 Å². The van der Waals surface area contributed by atoms with Crippen LogP contribution < -0.4 is 15.0 Å². The van der Waals surface area contributed by atoms with Crippen LogP contribution in [0.1, 0.15) is 28.4 Å². The summed E-state index contributed by atoms with van der Waals surface area (Å²) in [5, 5.41) is 8.99. The van der Waals surface area contributed by atoms with Gasteiger partial charge in [-0.15, -0.1) is 0 Å². The SMILES string of the molecule is CCOc1cccc(Cn2ncc3c(N4CCN(C(=O)c5ccc(NCCN(C)C)c(C)c5)CC4)ncnc32)c1. The Morgan fingerprint density at radius 2 is 1.90 bits per heavy atom. The van der Waals surface area contributed by atoms with E-state index < -0.39 is 0 Å². The smallest absolute Gasteiger partial charge is 0.253 e. The number of hydrogen-bond donors (Lipinski definition) is 1. The summed E-state index contributed by atoms with van der Waals surface area (Å²) >= 11 is 0. The molecule has 1 aliphatic heterocycles. The summed E-state index contributed by atoms with van der Waals surface area (Å²) in [7, 11) is 4.11. The van der Waals surface area contributed by atoms with Crippen molar-refractivity contribution in [1.29, 1.82) is 0 Å². The van der Waals surface area contributed by atoms with Crippen molar-refractivity contribution < 1.29 is 9.53 Å². The maximum atomic E-state index is 13.3. The molecule has 10 heteroatoms. The molecule has 5 rings (SSSR count). The van der Waals surface area contributed by atoms with Gasteiger partial charge in [0.05, 0.1) is 24.7 Å². The van der Waals surface area contributed by atoms with Crippen LogP contribution in [0.15, 0.2) is 55.0 Å². The van der Waals surface area contributed by atoms with Crippen LogP contribution in [0.5, 0.6) is 5.75 Å². The van der Waals surface area contributed by atoms with Gasteiger partial charge in [0.2, 0.25) is 0 Å². The molecule has 0 bridgehead atoms. The standard InChI is InChI=1S/C30H38N8O2/c1-5-40-25-8-6-7-23(18-25)20-38-29-26(19-34-38)28(32-21-33-29)36-13-15-37(16-14-36)30(39)24-9-10-27(22(2)17-24)31-11-12-35(3)4/h6-10,17-19,21,31H,5,11-16,20H2,1-4H3. The van der Waals surface area contributed by atoms with E-state index in [2.05, 4.69) is 50.3 Å². The summed E-state index contributed by atoms with van der Waals surface area (Å²) < 4.78 is 7.54. The first-order valence-corrected chi connectivity index (χ1v) is 13.8. The maximum Gasteiger partial charge on any atom is 0.253 e. The van der Waals surface area contributed by atoms with Gasteiger partial charge in [0.1, 0.15) is 17.9 Å². The van der Waals surface area contributed by atoms with Crippen molar-refractivity contribution in [3.63, 3.8) is 0 Å². The summed E-state index contributed by atoms with van der Waals surface area (Å²) in [4.78, 5) is 28.7. The van der Waals surface area contributed by atoms with Crippen LogP contribution >= 0.6 is 0 Å². The number of carbonyl (C=O) groups excluding carboxylic acids is 1. The second-order valence-corrected chi connectivity index (χ2v) is 10.4. The highest BCUT2D eigenvalue weighted by molar-refractivity contribution is 5.95. The summed E-state index contributed by atoms with van der Waals surface area (Å²) in [5.74, 6) is 1.77. The number of anilines is 2. The number of piperazine rings is 1. The predicted octanol–water partition coefficient (Wildman–Crippen LogP) is 3.52. The molecule has 0 spiro atoms. The fourth-order valence-corrected chi connectivity index (χ4v) is 5.03. The van der Waals surface area contributed by atoms with E-state index in [9.17, 15) is 4.79 Å². The Kier molecular flexibility index (Phi) is 8.45. The third-order valence-electron chi connectivity index (χ3n) is 7.17. The molecule has 1 amide bonds. The van der Waals surface area contributed by atoms with E-state index in [1.807, 2.05) is 66.0 Å². The number of nitrogens with one attached hydrogen (secondary N) is 1. The number of nitrogens with zero attached hydrogens (tertiary/aromatic N) is 7. The highest BCUT2D eigenvalue weighted by Gasteiger charge is 2.25. The second-order valence-electron chi connectivity index (χ2n) is 10.4. The first-order valence-electron chi connectivity index (χ1n) is 13.8. The fraction of sp³-hybridized carbons (Fsp3) is 0.400. The number of likely N-dealkylation sites (N-methyl/N-ethyl adjacent to an activating group) is 1. The van der Waals surface area contributed by atoms with Gasteiger partial charge >= 0.3 is 0 Å². The topological polar surface area (TPSA) is 91.7 Å². The van der Waals surface area contributed by atoms with Crippen LogP contribution in [0.2, 0.25) is 0 Å². The van der Waals surface area contributed by atoms with E-state index in [1.54, 1.807) is 6.33 Å². The molecule has 1 saturated heterocycles. The van der Waals surface area contributed by atoms with Gasteiger partial charge in [0.25, 0.3) is 5.91 Å². The molecule has 0 radical (unpaired) electrons. The molecule has 4 aromatic rings. The molecule has 0 unspecified atom stereocenters. The predicted molar refractivity (Wildman–Crippen MR) is 158 cm³/mol. The summed E-state index contributed by atoms with van der Waals surface area (Å²) in [6, 6.07) is 14.0. The maximum absolute atomic E-state index is 13.3. The van der Waals surface area contributed by atoms with E-state index in [1.165, 1.54) is 0 Å². The molecule has 0 saturated carbocycles. The molecule has 2 aromatic heterocycles. The monoisotopic (exact) mass is 542 g/mol. The van der Waals surface area contributed by atoms with Gasteiger partial charge in [-0.3, -0.25) is 4.79 Å². The van der Waals surface area contributed by atoms with Crippen LogP contribution in [-0.2, 0) is 6.54 Å². The van der Waals surface area contributed by atoms with Gasteiger partial charge in [0, 0.05) is 50.5 Å². The molecule has 40 heavy (non-hydrogen) atoms. The normalized spacial score (nSPS) is 13.7. The fourth-order valence-electron chi connectivity index (χ4n) is 5.03. The number of rotatable bonds is 10.